The fourth-order valence-electron chi connectivity index (χ4n) is 1.62. The molecular formula is C14H14FN3O3. The monoisotopic (exact) mass is 291 g/mol. The molecule has 0 spiro atoms. The highest BCUT2D eigenvalue weighted by Crippen LogP contribution is 2.19. The zero-order valence-electron chi connectivity index (χ0n) is 11.5. The van der Waals surface area contributed by atoms with E-state index in [-0.39, 0.29) is 11.7 Å². The maximum Gasteiger partial charge on any atom is 0.338 e. The minimum Gasteiger partial charge on any atom is -0.478 e. The van der Waals surface area contributed by atoms with Crippen LogP contribution in [-0.2, 0) is 0 Å². The standard InChI is InChI=1S/C14H14FN3O3/c1-8(2)21-13-7-16-6-12(18-13)17-9-3-4-10(14(19)20)11(15)5-9/h3-8H,1-2H3,(H,17,18)(H,19,20). The average Bonchev–Trinajstić information content (AvgIpc) is 2.37. The van der Waals surface area contributed by atoms with Crippen LogP contribution in [0.4, 0.5) is 15.9 Å². The van der Waals surface area contributed by atoms with Crippen molar-refractivity contribution in [3.63, 3.8) is 0 Å². The highest BCUT2D eigenvalue weighted by molar-refractivity contribution is 5.88. The number of halogens is 1. The Labute approximate surface area is 120 Å². The molecule has 2 rings (SSSR count). The van der Waals surface area contributed by atoms with Gasteiger partial charge in [0.15, 0.2) is 5.82 Å². The van der Waals surface area contributed by atoms with E-state index in [9.17, 15) is 9.18 Å². The summed E-state index contributed by atoms with van der Waals surface area (Å²) in [5, 5.41) is 11.6. The molecule has 2 aromatic rings. The van der Waals surface area contributed by atoms with Gasteiger partial charge in [-0.3, -0.25) is 4.98 Å². The summed E-state index contributed by atoms with van der Waals surface area (Å²) in [5.74, 6) is -1.42. The number of rotatable bonds is 5. The Kier molecular flexibility index (Phi) is 4.32. The first-order valence-corrected chi connectivity index (χ1v) is 6.24. The lowest BCUT2D eigenvalue weighted by Gasteiger charge is -2.10. The van der Waals surface area contributed by atoms with E-state index >= 15 is 0 Å². The van der Waals surface area contributed by atoms with Gasteiger partial charge in [-0.25, -0.2) is 9.18 Å². The second kappa shape index (κ2) is 6.17. The summed E-state index contributed by atoms with van der Waals surface area (Å²) in [7, 11) is 0. The van der Waals surface area contributed by atoms with Gasteiger partial charge in [-0.1, -0.05) is 0 Å². The van der Waals surface area contributed by atoms with Crippen LogP contribution < -0.4 is 10.1 Å². The predicted molar refractivity (Wildman–Crippen MR) is 74.4 cm³/mol. The molecule has 7 heteroatoms. The molecule has 0 radical (unpaired) electrons. The predicted octanol–water partition coefficient (Wildman–Crippen LogP) is 2.84. The highest BCUT2D eigenvalue weighted by atomic mass is 19.1. The van der Waals surface area contributed by atoms with Crippen LogP contribution in [0.15, 0.2) is 30.6 Å². The number of aromatic carboxylic acids is 1. The number of aromatic nitrogens is 2. The van der Waals surface area contributed by atoms with Gasteiger partial charge < -0.3 is 15.2 Å². The minimum atomic E-state index is -1.31. The number of carboxylic acids is 1. The number of anilines is 2. The van der Waals surface area contributed by atoms with Gasteiger partial charge in [-0.2, -0.15) is 4.98 Å². The van der Waals surface area contributed by atoms with Gasteiger partial charge in [0.05, 0.1) is 24.1 Å². The van der Waals surface area contributed by atoms with Crippen molar-refractivity contribution in [3.8, 4) is 5.88 Å². The Balaban J connectivity index is 2.18. The third kappa shape index (κ3) is 3.88. The molecule has 2 N–H and O–H groups in total. The summed E-state index contributed by atoms with van der Waals surface area (Å²) in [6.07, 6.45) is 2.89. The molecule has 1 heterocycles. The fourth-order valence-corrected chi connectivity index (χ4v) is 1.62. The number of carboxylic acid groups (broad SMARTS) is 1. The lowest BCUT2D eigenvalue weighted by atomic mass is 10.2. The van der Waals surface area contributed by atoms with Crippen LogP contribution >= 0.6 is 0 Å². The van der Waals surface area contributed by atoms with Crippen molar-refractivity contribution in [1.29, 1.82) is 0 Å². The van der Waals surface area contributed by atoms with E-state index in [0.717, 1.165) is 6.07 Å². The Hall–Kier alpha value is -2.70. The molecule has 0 aliphatic rings. The third-order valence-electron chi connectivity index (χ3n) is 2.44. The topological polar surface area (TPSA) is 84.3 Å². The Bertz CT molecular complexity index is 662. The molecule has 110 valence electrons. The number of nitrogens with one attached hydrogen (secondary N) is 1. The largest absolute Gasteiger partial charge is 0.478 e. The Morgan fingerprint density at radius 1 is 1.38 bits per heavy atom. The van der Waals surface area contributed by atoms with Crippen molar-refractivity contribution >= 4 is 17.5 Å². The SMILES string of the molecule is CC(C)Oc1cncc(Nc2ccc(C(=O)O)c(F)c2)n1. The van der Waals surface area contributed by atoms with E-state index in [0.29, 0.717) is 17.4 Å². The van der Waals surface area contributed by atoms with Gasteiger partial charge >= 0.3 is 5.97 Å². The normalized spacial score (nSPS) is 10.5. The second-order valence-electron chi connectivity index (χ2n) is 4.53. The third-order valence-corrected chi connectivity index (χ3v) is 2.44. The summed E-state index contributed by atoms with van der Waals surface area (Å²) < 4.78 is 19.0. The molecule has 0 amide bonds. The molecule has 1 aromatic carbocycles. The first-order valence-electron chi connectivity index (χ1n) is 6.24. The van der Waals surface area contributed by atoms with E-state index in [2.05, 4.69) is 15.3 Å². The molecule has 0 aliphatic carbocycles. The summed E-state index contributed by atoms with van der Waals surface area (Å²) in [6.45, 7) is 3.73. The van der Waals surface area contributed by atoms with Gasteiger partial charge in [0, 0.05) is 5.69 Å². The number of benzene rings is 1. The average molecular weight is 291 g/mol. The van der Waals surface area contributed by atoms with Gasteiger partial charge in [0.1, 0.15) is 5.82 Å². The van der Waals surface area contributed by atoms with Crippen LogP contribution in [0.2, 0.25) is 0 Å². The van der Waals surface area contributed by atoms with Gasteiger partial charge in [-0.05, 0) is 32.0 Å². The lowest BCUT2D eigenvalue weighted by Crippen LogP contribution is -2.08. The minimum absolute atomic E-state index is 0.0400. The molecule has 0 atom stereocenters. The number of hydrogen-bond donors (Lipinski definition) is 2. The van der Waals surface area contributed by atoms with Gasteiger partial charge in [0.2, 0.25) is 5.88 Å². The van der Waals surface area contributed by atoms with E-state index < -0.39 is 11.8 Å². The van der Waals surface area contributed by atoms with E-state index in [1.54, 1.807) is 0 Å². The second-order valence-corrected chi connectivity index (χ2v) is 4.53. The number of hydrogen-bond acceptors (Lipinski definition) is 5. The molecule has 0 saturated carbocycles. The van der Waals surface area contributed by atoms with Crippen LogP contribution in [0.5, 0.6) is 5.88 Å². The summed E-state index contributed by atoms with van der Waals surface area (Å²) in [4.78, 5) is 18.9. The fraction of sp³-hybridized carbons (Fsp3) is 0.214. The molecule has 6 nitrogen and oxygen atoms in total. The zero-order chi connectivity index (χ0) is 15.4. The van der Waals surface area contributed by atoms with Crippen LogP contribution in [0.1, 0.15) is 24.2 Å². The summed E-state index contributed by atoms with van der Waals surface area (Å²) in [5.41, 5.74) is -0.0166. The van der Waals surface area contributed by atoms with Crippen molar-refractivity contribution in [2.24, 2.45) is 0 Å². The number of carbonyl (C=O) groups is 1. The van der Waals surface area contributed by atoms with E-state index in [1.165, 1.54) is 24.5 Å². The van der Waals surface area contributed by atoms with Crippen molar-refractivity contribution in [2.75, 3.05) is 5.32 Å². The summed E-state index contributed by atoms with van der Waals surface area (Å²) in [6, 6.07) is 3.72. The molecule has 21 heavy (non-hydrogen) atoms. The van der Waals surface area contributed by atoms with Crippen LogP contribution in [-0.4, -0.2) is 27.1 Å². The van der Waals surface area contributed by atoms with Crippen LogP contribution in [0.25, 0.3) is 0 Å². The quantitative estimate of drug-likeness (QED) is 0.881. The smallest absolute Gasteiger partial charge is 0.338 e. The lowest BCUT2D eigenvalue weighted by molar-refractivity contribution is 0.0692. The van der Waals surface area contributed by atoms with Crippen molar-refractivity contribution in [2.45, 2.75) is 20.0 Å². The maximum absolute atomic E-state index is 13.6. The molecular weight excluding hydrogens is 277 g/mol. The van der Waals surface area contributed by atoms with Crippen molar-refractivity contribution < 1.29 is 19.0 Å². The van der Waals surface area contributed by atoms with Crippen molar-refractivity contribution in [1.82, 2.24) is 9.97 Å². The Morgan fingerprint density at radius 2 is 2.14 bits per heavy atom. The molecule has 0 saturated heterocycles. The van der Waals surface area contributed by atoms with Crippen LogP contribution in [0.3, 0.4) is 0 Å². The number of nitrogens with zero attached hydrogens (tertiary/aromatic N) is 2. The van der Waals surface area contributed by atoms with Gasteiger partial charge in [-0.15, -0.1) is 0 Å². The highest BCUT2D eigenvalue weighted by Gasteiger charge is 2.11. The number of ether oxygens (including phenoxy) is 1. The summed E-state index contributed by atoms with van der Waals surface area (Å²) >= 11 is 0. The van der Waals surface area contributed by atoms with E-state index in [1.807, 2.05) is 13.8 Å². The van der Waals surface area contributed by atoms with E-state index in [4.69, 9.17) is 9.84 Å². The molecule has 1 aromatic heterocycles. The molecule has 0 aliphatic heterocycles. The Morgan fingerprint density at radius 3 is 2.76 bits per heavy atom. The first kappa shape index (κ1) is 14.7. The zero-order valence-corrected chi connectivity index (χ0v) is 11.5. The van der Waals surface area contributed by atoms with Crippen molar-refractivity contribution in [3.05, 3.63) is 42.0 Å². The van der Waals surface area contributed by atoms with Crippen LogP contribution in [0, 0.1) is 5.82 Å². The first-order chi connectivity index (χ1) is 9.95. The van der Waals surface area contributed by atoms with Gasteiger partial charge in [0.25, 0.3) is 0 Å². The molecule has 0 bridgehead atoms. The molecule has 0 unspecified atom stereocenters. The maximum atomic E-state index is 13.6. The molecule has 0 fully saturated rings.